The Morgan fingerprint density at radius 1 is 1.25 bits per heavy atom. The van der Waals surface area contributed by atoms with Gasteiger partial charge in [0, 0.05) is 17.8 Å². The molecule has 0 aliphatic rings. The summed E-state index contributed by atoms with van der Waals surface area (Å²) in [5.41, 5.74) is 3.43. The molecule has 0 fully saturated rings. The molecule has 0 radical (unpaired) electrons. The number of phenols is 1. The van der Waals surface area contributed by atoms with Crippen molar-refractivity contribution in [3.05, 3.63) is 46.5 Å². The third kappa shape index (κ3) is 2.99. The molecule has 0 bridgehead atoms. The van der Waals surface area contributed by atoms with Gasteiger partial charge in [-0.1, -0.05) is 24.6 Å². The molecule has 2 aromatic carbocycles. The van der Waals surface area contributed by atoms with Crippen LogP contribution in [0.2, 0.25) is 5.02 Å². The van der Waals surface area contributed by atoms with Crippen molar-refractivity contribution in [2.24, 2.45) is 0 Å². The summed E-state index contributed by atoms with van der Waals surface area (Å²) in [6.45, 7) is 3.91. The molecule has 2 rings (SSSR count). The fourth-order valence-electron chi connectivity index (χ4n) is 2.00. The molecular formula is C16H18ClNO2. The second kappa shape index (κ2) is 6.06. The van der Waals surface area contributed by atoms with Crippen LogP contribution >= 0.6 is 11.6 Å². The lowest BCUT2D eigenvalue weighted by atomic mass is 10.1. The standard InChI is InChI=1S/C16H18ClNO2/c1-4-11-7-13(17)14(9-16(11)20-3)18-12-6-5-10(2)15(19)8-12/h5-9,18-19H,4H2,1-3H3. The highest BCUT2D eigenvalue weighted by Crippen LogP contribution is 2.34. The Labute approximate surface area is 124 Å². The SMILES string of the molecule is CCc1cc(Cl)c(Nc2ccc(C)c(O)c2)cc1OC. The molecule has 106 valence electrons. The topological polar surface area (TPSA) is 41.5 Å². The van der Waals surface area contributed by atoms with Crippen molar-refractivity contribution in [3.63, 3.8) is 0 Å². The maximum absolute atomic E-state index is 9.73. The molecule has 2 N–H and O–H groups in total. The van der Waals surface area contributed by atoms with Crippen molar-refractivity contribution >= 4 is 23.0 Å². The van der Waals surface area contributed by atoms with Gasteiger partial charge in [-0.3, -0.25) is 0 Å². The van der Waals surface area contributed by atoms with E-state index in [0.29, 0.717) is 5.02 Å². The third-order valence-electron chi connectivity index (χ3n) is 3.24. The largest absolute Gasteiger partial charge is 0.508 e. The van der Waals surface area contributed by atoms with Gasteiger partial charge < -0.3 is 15.2 Å². The van der Waals surface area contributed by atoms with E-state index in [4.69, 9.17) is 16.3 Å². The summed E-state index contributed by atoms with van der Waals surface area (Å²) in [4.78, 5) is 0. The lowest BCUT2D eigenvalue weighted by molar-refractivity contribution is 0.410. The summed E-state index contributed by atoms with van der Waals surface area (Å²) in [6.07, 6.45) is 0.856. The number of rotatable bonds is 4. The highest BCUT2D eigenvalue weighted by molar-refractivity contribution is 6.33. The fraction of sp³-hybridized carbons (Fsp3) is 0.250. The number of hydrogen-bond donors (Lipinski definition) is 2. The van der Waals surface area contributed by atoms with Gasteiger partial charge in [0.25, 0.3) is 0 Å². The van der Waals surface area contributed by atoms with Crippen LogP contribution in [0.4, 0.5) is 11.4 Å². The van der Waals surface area contributed by atoms with Gasteiger partial charge in [0.2, 0.25) is 0 Å². The van der Waals surface area contributed by atoms with Crippen LogP contribution in [0.15, 0.2) is 30.3 Å². The molecule has 20 heavy (non-hydrogen) atoms. The Bertz CT molecular complexity index is 626. The minimum Gasteiger partial charge on any atom is -0.508 e. The van der Waals surface area contributed by atoms with Gasteiger partial charge in [0.15, 0.2) is 0 Å². The van der Waals surface area contributed by atoms with E-state index in [1.807, 2.05) is 31.2 Å². The lowest BCUT2D eigenvalue weighted by Crippen LogP contribution is -1.96. The van der Waals surface area contributed by atoms with Crippen LogP contribution in [0.3, 0.4) is 0 Å². The predicted octanol–water partition coefficient (Wildman–Crippen LogP) is 4.67. The molecule has 0 aromatic heterocycles. The average molecular weight is 292 g/mol. The summed E-state index contributed by atoms with van der Waals surface area (Å²) in [5, 5.41) is 13.6. The van der Waals surface area contributed by atoms with Crippen molar-refractivity contribution in [1.29, 1.82) is 0 Å². The first-order valence-corrected chi connectivity index (χ1v) is 6.86. The Morgan fingerprint density at radius 2 is 2.00 bits per heavy atom. The molecule has 3 nitrogen and oxygen atoms in total. The van der Waals surface area contributed by atoms with E-state index < -0.39 is 0 Å². The molecule has 0 unspecified atom stereocenters. The van der Waals surface area contributed by atoms with Gasteiger partial charge in [-0.05, 0) is 36.6 Å². The van der Waals surface area contributed by atoms with E-state index >= 15 is 0 Å². The van der Waals surface area contributed by atoms with Crippen molar-refractivity contribution in [2.45, 2.75) is 20.3 Å². The number of ether oxygens (including phenoxy) is 1. The summed E-state index contributed by atoms with van der Waals surface area (Å²) in [7, 11) is 1.64. The maximum Gasteiger partial charge on any atom is 0.124 e. The number of anilines is 2. The van der Waals surface area contributed by atoms with Crippen molar-refractivity contribution in [1.82, 2.24) is 0 Å². The predicted molar refractivity (Wildman–Crippen MR) is 83.5 cm³/mol. The van der Waals surface area contributed by atoms with Crippen molar-refractivity contribution in [2.75, 3.05) is 12.4 Å². The molecular weight excluding hydrogens is 274 g/mol. The minimum atomic E-state index is 0.253. The molecule has 0 saturated carbocycles. The average Bonchev–Trinajstić information content (AvgIpc) is 2.44. The van der Waals surface area contributed by atoms with Crippen LogP contribution in [0.5, 0.6) is 11.5 Å². The first-order chi connectivity index (χ1) is 9.55. The third-order valence-corrected chi connectivity index (χ3v) is 3.55. The summed E-state index contributed by atoms with van der Waals surface area (Å²) in [5.74, 6) is 1.05. The Morgan fingerprint density at radius 3 is 2.60 bits per heavy atom. The Kier molecular flexibility index (Phi) is 4.40. The van der Waals surface area contributed by atoms with E-state index in [1.165, 1.54) is 0 Å². The van der Waals surface area contributed by atoms with E-state index in [0.717, 1.165) is 34.7 Å². The molecule has 0 aliphatic heterocycles. The number of halogens is 1. The second-order valence-electron chi connectivity index (χ2n) is 4.62. The maximum atomic E-state index is 9.73. The highest BCUT2D eigenvalue weighted by Gasteiger charge is 2.09. The number of hydrogen-bond acceptors (Lipinski definition) is 3. The molecule has 0 spiro atoms. The minimum absolute atomic E-state index is 0.253. The molecule has 0 aliphatic carbocycles. The quantitative estimate of drug-likeness (QED) is 0.860. The zero-order valence-corrected chi connectivity index (χ0v) is 12.6. The van der Waals surface area contributed by atoms with Crippen LogP contribution in [0, 0.1) is 6.92 Å². The number of aryl methyl sites for hydroxylation is 2. The normalized spacial score (nSPS) is 10.4. The number of aromatic hydroxyl groups is 1. The van der Waals surface area contributed by atoms with Gasteiger partial charge in [-0.25, -0.2) is 0 Å². The van der Waals surface area contributed by atoms with Gasteiger partial charge in [0.1, 0.15) is 11.5 Å². The number of methoxy groups -OCH3 is 1. The smallest absolute Gasteiger partial charge is 0.124 e. The van der Waals surface area contributed by atoms with Crippen LogP contribution < -0.4 is 10.1 Å². The van der Waals surface area contributed by atoms with E-state index in [-0.39, 0.29) is 5.75 Å². The first kappa shape index (κ1) is 14.5. The Hall–Kier alpha value is -1.87. The number of phenolic OH excluding ortho intramolecular Hbond substituents is 1. The molecule has 0 amide bonds. The van der Waals surface area contributed by atoms with Gasteiger partial charge in [0.05, 0.1) is 17.8 Å². The summed E-state index contributed by atoms with van der Waals surface area (Å²) >= 11 is 6.28. The highest BCUT2D eigenvalue weighted by atomic mass is 35.5. The zero-order chi connectivity index (χ0) is 14.7. The number of nitrogens with one attached hydrogen (secondary N) is 1. The molecule has 2 aromatic rings. The van der Waals surface area contributed by atoms with Crippen molar-refractivity contribution in [3.8, 4) is 11.5 Å². The summed E-state index contributed by atoms with van der Waals surface area (Å²) in [6, 6.07) is 9.19. The fourth-order valence-corrected chi connectivity index (χ4v) is 2.23. The molecule has 0 atom stereocenters. The first-order valence-electron chi connectivity index (χ1n) is 6.48. The van der Waals surface area contributed by atoms with E-state index in [2.05, 4.69) is 12.2 Å². The zero-order valence-electron chi connectivity index (χ0n) is 11.8. The van der Waals surface area contributed by atoms with E-state index in [9.17, 15) is 5.11 Å². The van der Waals surface area contributed by atoms with Gasteiger partial charge >= 0.3 is 0 Å². The lowest BCUT2D eigenvalue weighted by Gasteiger charge is -2.14. The van der Waals surface area contributed by atoms with Gasteiger partial charge in [-0.2, -0.15) is 0 Å². The van der Waals surface area contributed by atoms with Crippen LogP contribution in [-0.2, 0) is 6.42 Å². The van der Waals surface area contributed by atoms with Crippen LogP contribution in [0.25, 0.3) is 0 Å². The van der Waals surface area contributed by atoms with Crippen LogP contribution in [0.1, 0.15) is 18.1 Å². The van der Waals surface area contributed by atoms with Crippen molar-refractivity contribution < 1.29 is 9.84 Å². The summed E-state index contributed by atoms with van der Waals surface area (Å²) < 4.78 is 5.36. The molecule has 0 saturated heterocycles. The van der Waals surface area contributed by atoms with E-state index in [1.54, 1.807) is 13.2 Å². The van der Waals surface area contributed by atoms with Crippen LogP contribution in [-0.4, -0.2) is 12.2 Å². The van der Waals surface area contributed by atoms with Gasteiger partial charge in [-0.15, -0.1) is 0 Å². The second-order valence-corrected chi connectivity index (χ2v) is 5.03. The molecule has 0 heterocycles. The molecule has 4 heteroatoms. The monoisotopic (exact) mass is 291 g/mol. The Balaban J connectivity index is 2.35. The number of benzene rings is 2.